The number of hydrogen-bond acceptors (Lipinski definition) is 5. The zero-order chi connectivity index (χ0) is 29.6. The molecule has 0 saturated carbocycles. The van der Waals surface area contributed by atoms with Gasteiger partial charge in [0, 0.05) is 41.2 Å². The Balaban J connectivity index is 1.40. The molecule has 0 bridgehead atoms. The summed E-state index contributed by atoms with van der Waals surface area (Å²) in [7, 11) is 0. The minimum atomic E-state index is -2.26. The third-order valence-electron chi connectivity index (χ3n) is 6.70. The molecule has 4 aromatic rings. The molecular formula is C33H37N3O2. The van der Waals surface area contributed by atoms with Crippen LogP contribution >= 0.6 is 0 Å². The summed E-state index contributed by atoms with van der Waals surface area (Å²) in [5.41, 5.74) is 4.60. The average Bonchev–Trinajstić information content (AvgIpc) is 3.28. The molecule has 0 spiro atoms. The Morgan fingerprint density at radius 1 is 0.711 bits per heavy atom. The maximum Gasteiger partial charge on any atom is 0.219 e. The first kappa shape index (κ1) is 22.0. The van der Waals surface area contributed by atoms with Gasteiger partial charge in [-0.3, -0.25) is 0 Å². The van der Waals surface area contributed by atoms with E-state index in [-0.39, 0.29) is 17.5 Å². The average molecular weight is 511 g/mol. The first-order valence-electron chi connectivity index (χ1n) is 14.4. The number of hydrogen-bond donors (Lipinski definition) is 0. The molecule has 0 aliphatic carbocycles. The number of nitrogens with zero attached hydrogens (tertiary/aromatic N) is 3. The molecule has 0 saturated heterocycles. The first-order chi connectivity index (χ1) is 19.2. The number of rotatable bonds is 5. The van der Waals surface area contributed by atoms with Gasteiger partial charge in [-0.25, -0.2) is 4.98 Å². The predicted molar refractivity (Wildman–Crippen MR) is 157 cm³/mol. The van der Waals surface area contributed by atoms with Crippen LogP contribution in [0.25, 0.3) is 0 Å². The smallest absolute Gasteiger partial charge is 0.219 e. The second-order valence-corrected chi connectivity index (χ2v) is 11.8. The van der Waals surface area contributed by atoms with Crippen LogP contribution in [0.5, 0.6) is 23.1 Å². The van der Waals surface area contributed by atoms with Crippen LogP contribution in [0.1, 0.15) is 56.8 Å². The quantitative estimate of drug-likeness (QED) is 0.268. The molecule has 5 nitrogen and oxygen atoms in total. The van der Waals surface area contributed by atoms with E-state index in [1.165, 1.54) is 4.90 Å². The van der Waals surface area contributed by atoms with Gasteiger partial charge in [0.15, 0.2) is 0 Å². The molecule has 0 N–H and O–H groups in total. The molecule has 5 heteroatoms. The summed E-state index contributed by atoms with van der Waals surface area (Å²) in [6.07, 6.45) is 1.76. The highest BCUT2D eigenvalue weighted by Crippen LogP contribution is 2.43. The lowest BCUT2D eigenvalue weighted by Crippen LogP contribution is -2.23. The fourth-order valence-electron chi connectivity index (χ4n) is 4.45. The van der Waals surface area contributed by atoms with Gasteiger partial charge in [-0.05, 0) is 64.4 Å². The fraction of sp³-hybridized carbons (Fsp3) is 0.303. The Hall–Kier alpha value is -3.99. The zero-order valence-corrected chi connectivity index (χ0v) is 22.9. The predicted octanol–water partition coefficient (Wildman–Crippen LogP) is 8.81. The van der Waals surface area contributed by atoms with Crippen LogP contribution in [0.15, 0.2) is 85.1 Å². The minimum absolute atomic E-state index is 0.0122. The summed E-state index contributed by atoms with van der Waals surface area (Å²) in [5.74, 6) is 2.40. The van der Waals surface area contributed by atoms with Crippen molar-refractivity contribution in [2.75, 3.05) is 23.4 Å². The molecule has 5 rings (SSSR count). The largest absolute Gasteiger partial charge is 0.457 e. The Morgan fingerprint density at radius 2 is 1.37 bits per heavy atom. The van der Waals surface area contributed by atoms with Gasteiger partial charge in [0.1, 0.15) is 17.2 Å². The summed E-state index contributed by atoms with van der Waals surface area (Å²) in [6, 6.07) is 25.1. The van der Waals surface area contributed by atoms with E-state index in [1.807, 2.05) is 77.7 Å². The normalized spacial score (nSPS) is 14.9. The number of pyridine rings is 1. The molecule has 1 aliphatic rings. The number of benzene rings is 3. The van der Waals surface area contributed by atoms with Crippen molar-refractivity contribution in [3.8, 4) is 23.1 Å². The van der Waals surface area contributed by atoms with Gasteiger partial charge < -0.3 is 19.3 Å². The maximum absolute atomic E-state index is 8.11. The van der Waals surface area contributed by atoms with Crippen molar-refractivity contribution in [2.24, 2.45) is 0 Å². The van der Waals surface area contributed by atoms with Gasteiger partial charge in [0.05, 0.1) is 18.0 Å². The van der Waals surface area contributed by atoms with Gasteiger partial charge in [0.2, 0.25) is 5.88 Å². The summed E-state index contributed by atoms with van der Waals surface area (Å²) < 4.78 is 36.6. The van der Waals surface area contributed by atoms with Crippen molar-refractivity contribution >= 4 is 17.1 Å². The lowest BCUT2D eigenvalue weighted by Gasteiger charge is -2.23. The molecule has 0 amide bonds. The summed E-state index contributed by atoms with van der Waals surface area (Å²) in [6.45, 7) is 10.9. The number of ether oxygens (including phenoxy) is 2. The highest BCUT2D eigenvalue weighted by molar-refractivity contribution is 5.83. The third-order valence-corrected chi connectivity index (χ3v) is 6.70. The Kier molecular flexibility index (Phi) is 5.63. The van der Waals surface area contributed by atoms with Crippen LogP contribution in [-0.4, -0.2) is 18.6 Å². The van der Waals surface area contributed by atoms with Crippen molar-refractivity contribution in [1.82, 2.24) is 4.98 Å². The van der Waals surface area contributed by atoms with Crippen molar-refractivity contribution in [3.63, 3.8) is 0 Å². The Bertz CT molecular complexity index is 1550. The lowest BCUT2D eigenvalue weighted by atomic mass is 9.86. The molecule has 3 aromatic carbocycles. The highest BCUT2D eigenvalue weighted by Gasteiger charge is 2.27. The lowest BCUT2D eigenvalue weighted by molar-refractivity contribution is 0.446. The summed E-state index contributed by atoms with van der Waals surface area (Å²) in [5, 5.41) is 0. The molecule has 0 radical (unpaired) electrons. The van der Waals surface area contributed by atoms with Crippen LogP contribution in [0.2, 0.25) is 0 Å². The van der Waals surface area contributed by atoms with E-state index >= 15 is 0 Å². The van der Waals surface area contributed by atoms with E-state index in [1.54, 1.807) is 6.20 Å². The van der Waals surface area contributed by atoms with Crippen molar-refractivity contribution in [3.05, 3.63) is 96.2 Å². The third kappa shape index (κ3) is 5.47. The summed E-state index contributed by atoms with van der Waals surface area (Å²) >= 11 is 0. The van der Waals surface area contributed by atoms with Gasteiger partial charge in [-0.15, -0.1) is 0 Å². The fourth-order valence-corrected chi connectivity index (χ4v) is 4.45. The van der Waals surface area contributed by atoms with Crippen molar-refractivity contribution in [2.45, 2.75) is 52.4 Å². The number of anilines is 3. The van der Waals surface area contributed by atoms with Gasteiger partial charge in [0.25, 0.3) is 0 Å². The van der Waals surface area contributed by atoms with Crippen LogP contribution in [0.3, 0.4) is 0 Å². The van der Waals surface area contributed by atoms with E-state index in [9.17, 15) is 0 Å². The van der Waals surface area contributed by atoms with Crippen molar-refractivity contribution in [1.29, 1.82) is 0 Å². The van der Waals surface area contributed by atoms with Crippen LogP contribution < -0.4 is 19.3 Å². The second kappa shape index (κ2) is 9.71. The second-order valence-electron chi connectivity index (χ2n) is 11.8. The molecular weight excluding hydrogens is 470 g/mol. The van der Waals surface area contributed by atoms with Gasteiger partial charge in [-0.1, -0.05) is 59.7 Å². The topological polar surface area (TPSA) is 37.8 Å². The minimum Gasteiger partial charge on any atom is -0.457 e. The first-order valence-corrected chi connectivity index (χ1v) is 12.9. The van der Waals surface area contributed by atoms with Crippen LogP contribution in [-0.2, 0) is 10.8 Å². The molecule has 0 atom stereocenters. The van der Waals surface area contributed by atoms with Gasteiger partial charge >= 0.3 is 0 Å². The molecule has 1 aliphatic heterocycles. The van der Waals surface area contributed by atoms with E-state index in [4.69, 9.17) is 13.6 Å². The SMILES string of the molecule is [2H]C([2H])([2H])N1CN(c2cccc(Oc3cccc(Oc4cc(C(C)(C)C)ccn4)c3)c2)c2cc(C(C)(C)C)ccc21. The van der Waals surface area contributed by atoms with Crippen molar-refractivity contribution < 1.29 is 13.6 Å². The highest BCUT2D eigenvalue weighted by atomic mass is 16.5. The van der Waals surface area contributed by atoms with E-state index in [2.05, 4.69) is 52.6 Å². The van der Waals surface area contributed by atoms with Crippen LogP contribution in [0.4, 0.5) is 17.1 Å². The van der Waals surface area contributed by atoms with Crippen LogP contribution in [0, 0.1) is 0 Å². The van der Waals surface area contributed by atoms with E-state index in [0.717, 1.165) is 22.5 Å². The molecule has 196 valence electrons. The molecule has 0 unspecified atom stereocenters. The molecule has 2 heterocycles. The van der Waals surface area contributed by atoms with E-state index < -0.39 is 6.98 Å². The number of fused-ring (bicyclic) bond motifs is 1. The summed E-state index contributed by atoms with van der Waals surface area (Å²) in [4.78, 5) is 7.86. The molecule has 1 aromatic heterocycles. The van der Waals surface area contributed by atoms with Gasteiger partial charge in [-0.2, -0.15) is 0 Å². The molecule has 38 heavy (non-hydrogen) atoms. The monoisotopic (exact) mass is 510 g/mol. The zero-order valence-electron chi connectivity index (χ0n) is 25.9. The number of aromatic nitrogens is 1. The Labute approximate surface area is 230 Å². The standard InChI is InChI=1S/C33H37N3O2/c1-32(2,3)23-14-15-29-30(18-23)36(22-35(29)7)25-10-8-11-26(20-25)37-27-12-9-13-28(21-27)38-31-19-24(16-17-34-31)33(4,5)6/h8-21H,22H2,1-7H3/i7D3. The maximum atomic E-state index is 8.11. The Morgan fingerprint density at radius 3 is 2.08 bits per heavy atom. The molecule has 0 fully saturated rings. The van der Waals surface area contributed by atoms with E-state index in [0.29, 0.717) is 28.8 Å².